The first kappa shape index (κ1) is 9.41. The molecule has 0 radical (unpaired) electrons. The summed E-state index contributed by atoms with van der Waals surface area (Å²) in [7, 11) is 0. The summed E-state index contributed by atoms with van der Waals surface area (Å²) in [6.07, 6.45) is 0. The Hall–Kier alpha value is -0.680. The van der Waals surface area contributed by atoms with E-state index in [4.69, 9.17) is 5.73 Å². The first-order valence-electron chi connectivity index (χ1n) is 3.07. The highest BCUT2D eigenvalue weighted by Crippen LogP contribution is 2.23. The van der Waals surface area contributed by atoms with Gasteiger partial charge in [-0.15, -0.1) is 17.0 Å². The molecule has 0 saturated heterocycles. The van der Waals surface area contributed by atoms with Crippen LogP contribution in [0.3, 0.4) is 0 Å². The average Bonchev–Trinajstić information content (AvgIpc) is 2.27. The van der Waals surface area contributed by atoms with Gasteiger partial charge in [0, 0.05) is 0 Å². The van der Waals surface area contributed by atoms with E-state index in [1.807, 2.05) is 0 Å². The van der Waals surface area contributed by atoms with Crippen LogP contribution in [0.1, 0.15) is 0 Å². The number of nitrogens with zero attached hydrogens (tertiary/aromatic N) is 1. The van der Waals surface area contributed by atoms with Gasteiger partial charge >= 0.3 is 0 Å². The first-order chi connectivity index (χ1) is 5.25. The molecule has 0 spiro atoms. The Bertz CT molecular complexity index is 401. The lowest BCUT2D eigenvalue weighted by molar-refractivity contribution is 0.630. The first-order valence-corrected chi connectivity index (χ1v) is 3.89. The molecule has 64 valence electrons. The molecule has 1 heterocycles. The van der Waals surface area contributed by atoms with E-state index in [-0.39, 0.29) is 22.8 Å². The molecule has 1 aromatic carbocycles. The number of rotatable bonds is 0. The fourth-order valence-electron chi connectivity index (χ4n) is 0.916. The van der Waals surface area contributed by atoms with E-state index in [1.54, 1.807) is 6.07 Å². The number of fused-ring (bicyclic) bond motifs is 1. The molecule has 0 fully saturated rings. The highest BCUT2D eigenvalue weighted by atomic mass is 79.9. The minimum Gasteiger partial charge on any atom is -0.375 e. The predicted octanol–water partition coefficient (Wildman–Crippen LogP) is 2.60. The summed E-state index contributed by atoms with van der Waals surface area (Å²) in [4.78, 5) is 3.98. The van der Waals surface area contributed by atoms with Crippen molar-refractivity contribution in [2.75, 3.05) is 5.73 Å². The van der Waals surface area contributed by atoms with Gasteiger partial charge in [0.05, 0.1) is 10.2 Å². The molecular formula is C7H6BrFN2S. The summed E-state index contributed by atoms with van der Waals surface area (Å²) in [6, 6.07) is 4.43. The normalized spacial score (nSPS) is 9.75. The van der Waals surface area contributed by atoms with Gasteiger partial charge in [0.2, 0.25) is 0 Å². The van der Waals surface area contributed by atoms with Crippen LogP contribution in [0.5, 0.6) is 0 Å². The number of aromatic nitrogens is 1. The van der Waals surface area contributed by atoms with Gasteiger partial charge in [0.25, 0.3) is 0 Å². The minimum atomic E-state index is -0.249. The van der Waals surface area contributed by atoms with Crippen LogP contribution in [0.25, 0.3) is 10.2 Å². The molecule has 0 aliphatic rings. The van der Waals surface area contributed by atoms with Crippen molar-refractivity contribution in [3.63, 3.8) is 0 Å². The zero-order valence-electron chi connectivity index (χ0n) is 5.95. The summed E-state index contributed by atoms with van der Waals surface area (Å²) in [6.45, 7) is 0. The van der Waals surface area contributed by atoms with Crippen LogP contribution in [0, 0.1) is 5.82 Å². The second-order valence-electron chi connectivity index (χ2n) is 2.16. The van der Waals surface area contributed by atoms with Crippen molar-refractivity contribution in [2.24, 2.45) is 0 Å². The van der Waals surface area contributed by atoms with Gasteiger partial charge in [-0.2, -0.15) is 0 Å². The van der Waals surface area contributed by atoms with E-state index in [2.05, 4.69) is 4.98 Å². The zero-order chi connectivity index (χ0) is 7.84. The second-order valence-corrected chi connectivity index (χ2v) is 3.23. The van der Waals surface area contributed by atoms with E-state index < -0.39 is 0 Å². The largest absolute Gasteiger partial charge is 0.375 e. The van der Waals surface area contributed by atoms with Gasteiger partial charge in [-0.1, -0.05) is 11.3 Å². The monoisotopic (exact) mass is 248 g/mol. The maximum absolute atomic E-state index is 12.6. The van der Waals surface area contributed by atoms with Crippen molar-refractivity contribution in [1.82, 2.24) is 4.98 Å². The Morgan fingerprint density at radius 3 is 2.92 bits per heavy atom. The maximum Gasteiger partial charge on any atom is 0.181 e. The summed E-state index contributed by atoms with van der Waals surface area (Å²) in [5.74, 6) is -0.249. The smallest absolute Gasteiger partial charge is 0.181 e. The van der Waals surface area contributed by atoms with Crippen LogP contribution >= 0.6 is 28.3 Å². The molecule has 0 bridgehead atoms. The van der Waals surface area contributed by atoms with Crippen LogP contribution in [0.2, 0.25) is 0 Å². The standard InChI is InChI=1S/C7H5FN2S.BrH/c8-4-1-2-5-6(3-4)11-7(9)10-5;/h1-3H,(H2,9,10);1H. The molecule has 5 heteroatoms. The van der Waals surface area contributed by atoms with E-state index in [0.717, 1.165) is 10.2 Å². The highest BCUT2D eigenvalue weighted by Gasteiger charge is 2.00. The molecule has 2 N–H and O–H groups in total. The van der Waals surface area contributed by atoms with Crippen molar-refractivity contribution in [1.29, 1.82) is 0 Å². The van der Waals surface area contributed by atoms with E-state index in [1.165, 1.54) is 23.5 Å². The lowest BCUT2D eigenvalue weighted by Crippen LogP contribution is -1.78. The lowest BCUT2D eigenvalue weighted by Gasteiger charge is -1.85. The third-order valence-corrected chi connectivity index (χ3v) is 2.21. The molecule has 0 saturated carbocycles. The Kier molecular flexibility index (Phi) is 2.64. The minimum absolute atomic E-state index is 0. The SMILES string of the molecule is Br.Nc1nc2ccc(F)cc2s1. The Labute approximate surface area is 83.0 Å². The number of benzene rings is 1. The number of hydrogen-bond acceptors (Lipinski definition) is 3. The van der Waals surface area contributed by atoms with Crippen LogP contribution in [-0.4, -0.2) is 4.98 Å². The van der Waals surface area contributed by atoms with Gasteiger partial charge in [-0.3, -0.25) is 0 Å². The summed E-state index contributed by atoms with van der Waals surface area (Å²) in [5.41, 5.74) is 6.18. The van der Waals surface area contributed by atoms with Crippen molar-refractivity contribution in [3.05, 3.63) is 24.0 Å². The molecule has 12 heavy (non-hydrogen) atoms. The molecule has 0 aliphatic carbocycles. The second kappa shape index (κ2) is 3.37. The molecule has 2 rings (SSSR count). The van der Waals surface area contributed by atoms with Crippen LogP contribution in [0.15, 0.2) is 18.2 Å². The van der Waals surface area contributed by atoms with Gasteiger partial charge < -0.3 is 5.73 Å². The van der Waals surface area contributed by atoms with Crippen molar-refractivity contribution >= 4 is 43.7 Å². The van der Waals surface area contributed by atoms with Crippen molar-refractivity contribution in [2.45, 2.75) is 0 Å². The van der Waals surface area contributed by atoms with E-state index >= 15 is 0 Å². The van der Waals surface area contributed by atoms with Crippen LogP contribution in [0.4, 0.5) is 9.52 Å². The Morgan fingerprint density at radius 2 is 2.17 bits per heavy atom. The van der Waals surface area contributed by atoms with Crippen LogP contribution in [-0.2, 0) is 0 Å². The van der Waals surface area contributed by atoms with Crippen molar-refractivity contribution in [3.8, 4) is 0 Å². The molecule has 2 nitrogen and oxygen atoms in total. The van der Waals surface area contributed by atoms with Gasteiger partial charge in [-0.05, 0) is 18.2 Å². The summed E-state index contributed by atoms with van der Waals surface area (Å²) in [5, 5.41) is 0.477. The summed E-state index contributed by atoms with van der Waals surface area (Å²) < 4.78 is 13.4. The third-order valence-electron chi connectivity index (χ3n) is 1.37. The number of anilines is 1. The molecule has 0 amide bonds. The number of halogens is 2. The molecule has 1 aromatic heterocycles. The molecule has 0 unspecified atom stereocenters. The Morgan fingerprint density at radius 1 is 1.42 bits per heavy atom. The van der Waals surface area contributed by atoms with Gasteiger partial charge in [0.15, 0.2) is 5.13 Å². The molecule has 0 aliphatic heterocycles. The summed E-state index contributed by atoms with van der Waals surface area (Å²) >= 11 is 1.29. The van der Waals surface area contributed by atoms with E-state index in [9.17, 15) is 4.39 Å². The Balaban J connectivity index is 0.000000720. The average molecular weight is 249 g/mol. The number of hydrogen-bond donors (Lipinski definition) is 1. The van der Waals surface area contributed by atoms with Crippen LogP contribution < -0.4 is 5.73 Å². The van der Waals surface area contributed by atoms with Gasteiger partial charge in [-0.25, -0.2) is 9.37 Å². The lowest BCUT2D eigenvalue weighted by atomic mass is 10.3. The maximum atomic E-state index is 12.6. The molecule has 0 atom stereocenters. The van der Waals surface area contributed by atoms with Crippen molar-refractivity contribution < 1.29 is 4.39 Å². The predicted molar refractivity (Wildman–Crippen MR) is 54.3 cm³/mol. The number of nitrogen functional groups attached to an aromatic ring is 1. The number of nitrogens with two attached hydrogens (primary N) is 1. The quantitative estimate of drug-likeness (QED) is 0.779. The molecular weight excluding hydrogens is 243 g/mol. The topological polar surface area (TPSA) is 38.9 Å². The number of thiazole rings is 1. The van der Waals surface area contributed by atoms with E-state index in [0.29, 0.717) is 5.13 Å². The zero-order valence-corrected chi connectivity index (χ0v) is 8.48. The fraction of sp³-hybridized carbons (Fsp3) is 0. The highest BCUT2D eigenvalue weighted by molar-refractivity contribution is 8.93. The molecule has 2 aromatic rings. The third kappa shape index (κ3) is 1.56. The fourth-order valence-corrected chi connectivity index (χ4v) is 1.68. The van der Waals surface area contributed by atoms with Gasteiger partial charge in [0.1, 0.15) is 5.82 Å².